The molecule has 0 aliphatic carbocycles. The van der Waals surface area contributed by atoms with Crippen LogP contribution in [-0.2, 0) is 14.3 Å². The van der Waals surface area contributed by atoms with Gasteiger partial charge in [0, 0.05) is 6.42 Å². The van der Waals surface area contributed by atoms with Crippen molar-refractivity contribution in [2.24, 2.45) is 11.5 Å². The number of ether oxygens (including phenoxy) is 1. The minimum Gasteiger partial charge on any atom is -1.00 e. The van der Waals surface area contributed by atoms with E-state index < -0.39 is 17.9 Å². The summed E-state index contributed by atoms with van der Waals surface area (Å²) in [5, 5.41) is 0. The summed E-state index contributed by atoms with van der Waals surface area (Å²) in [4.78, 5) is 22.3. The molecule has 0 aromatic heterocycles. The smallest absolute Gasteiger partial charge is 1.00 e. The zero-order valence-electron chi connectivity index (χ0n) is 20.4. The van der Waals surface area contributed by atoms with Crippen LogP contribution < -0.4 is 41.0 Å². The Kier molecular flexibility index (Phi) is 25.9. The monoisotopic (exact) mass is 422 g/mol. The number of hydrogen-bond acceptors (Lipinski definition) is 4. The Morgan fingerprint density at radius 2 is 1.14 bits per heavy atom. The zero-order valence-corrected chi connectivity index (χ0v) is 21.4. The number of rotatable bonds is 21. The number of carbonyl (C=O) groups excluding carboxylic acids is 2. The Morgan fingerprint density at radius 3 is 1.52 bits per heavy atom. The topological polar surface area (TPSA) is 95.4 Å². The van der Waals surface area contributed by atoms with E-state index in [-0.39, 0.29) is 43.8 Å². The fourth-order valence-corrected chi connectivity index (χ4v) is 3.35. The third-order valence-corrected chi connectivity index (χ3v) is 5.25. The molecule has 0 saturated carbocycles. The summed E-state index contributed by atoms with van der Waals surface area (Å²) in [6, 6.07) is -0.742. The van der Waals surface area contributed by atoms with Crippen LogP contribution in [0.2, 0.25) is 0 Å². The van der Waals surface area contributed by atoms with Gasteiger partial charge in [0.15, 0.2) is 0 Å². The van der Waals surface area contributed by atoms with E-state index in [4.69, 9.17) is 16.2 Å². The number of primary amides is 1. The van der Waals surface area contributed by atoms with Gasteiger partial charge >= 0.3 is 35.5 Å². The molecule has 168 valence electrons. The zero-order chi connectivity index (χ0) is 20.9. The molecular weight excluding hydrogens is 375 g/mol. The van der Waals surface area contributed by atoms with Crippen LogP contribution in [0, 0.1) is 0 Å². The van der Waals surface area contributed by atoms with E-state index in [0.717, 1.165) is 12.8 Å². The molecule has 1 atom stereocenters. The van der Waals surface area contributed by atoms with Gasteiger partial charge in [-0.3, -0.25) is 9.59 Å². The Balaban J connectivity index is -0.00000364. The molecule has 0 saturated heterocycles. The van der Waals surface area contributed by atoms with Crippen molar-refractivity contribution in [1.82, 2.24) is 0 Å². The molecule has 0 rings (SSSR count). The molecule has 1 amide bonds. The first kappa shape index (κ1) is 31.1. The molecule has 0 aromatic rings. The van der Waals surface area contributed by atoms with E-state index in [1.807, 2.05) is 0 Å². The van der Waals surface area contributed by atoms with Gasteiger partial charge < -0.3 is 17.6 Å². The van der Waals surface area contributed by atoms with Crippen LogP contribution >= 0.6 is 0 Å². The molecule has 0 bridgehead atoms. The van der Waals surface area contributed by atoms with Crippen LogP contribution in [0.15, 0.2) is 0 Å². The summed E-state index contributed by atoms with van der Waals surface area (Å²) in [6.07, 6.45) is 21.5. The molecule has 0 radical (unpaired) electrons. The Morgan fingerprint density at radius 1 is 0.759 bits per heavy atom. The third kappa shape index (κ3) is 24.0. The summed E-state index contributed by atoms with van der Waals surface area (Å²) < 4.78 is 5.14. The Bertz CT molecular complexity index is 387. The number of unbranched alkanes of at least 4 members (excludes halogenated alkanes) is 15. The molecule has 0 heterocycles. The molecule has 0 aromatic carbocycles. The van der Waals surface area contributed by atoms with Gasteiger partial charge in [0.2, 0.25) is 5.91 Å². The molecule has 0 fully saturated rings. The van der Waals surface area contributed by atoms with E-state index in [0.29, 0.717) is 6.61 Å². The minimum atomic E-state index is -0.742. The van der Waals surface area contributed by atoms with Gasteiger partial charge in [0.1, 0.15) is 6.04 Å². The standard InChI is InChI=1S/C23H46N2O3.Na.H/c1-2-3-4-5-6-7-8-9-10-11-12-13-14-15-16-17-20-28-23(27)21(24)18-19-22(25)26;;/h21H,2-20,24H2,1H3,(H2,25,26);;/q;+1;-1/t21-;;/m0../s1. The van der Waals surface area contributed by atoms with Crippen molar-refractivity contribution in [3.8, 4) is 0 Å². The average molecular weight is 423 g/mol. The molecule has 0 aliphatic rings. The van der Waals surface area contributed by atoms with E-state index in [9.17, 15) is 9.59 Å². The second-order valence-corrected chi connectivity index (χ2v) is 8.08. The quantitative estimate of drug-likeness (QED) is 0.169. The van der Waals surface area contributed by atoms with Crippen molar-refractivity contribution < 1.29 is 45.3 Å². The first-order valence-corrected chi connectivity index (χ1v) is 11.8. The fraction of sp³-hybridized carbons (Fsp3) is 0.913. The van der Waals surface area contributed by atoms with Gasteiger partial charge in [0.25, 0.3) is 0 Å². The number of hydrogen-bond donors (Lipinski definition) is 2. The molecule has 4 N–H and O–H groups in total. The SMILES string of the molecule is CCCCCCCCCCCCCCCCCCOC(=O)[C@@H](N)CCC(N)=O.[H-].[Na+]. The van der Waals surface area contributed by atoms with Gasteiger partial charge in [-0.25, -0.2) is 0 Å². The van der Waals surface area contributed by atoms with Gasteiger partial charge in [-0.1, -0.05) is 103 Å². The van der Waals surface area contributed by atoms with Crippen LogP contribution in [0.25, 0.3) is 0 Å². The second kappa shape index (κ2) is 24.2. The van der Waals surface area contributed by atoms with E-state index in [1.165, 1.54) is 89.9 Å². The van der Waals surface area contributed by atoms with Gasteiger partial charge in [-0.2, -0.15) is 0 Å². The van der Waals surface area contributed by atoms with Crippen molar-refractivity contribution in [3.05, 3.63) is 0 Å². The van der Waals surface area contributed by atoms with Crippen LogP contribution in [0.4, 0.5) is 0 Å². The van der Waals surface area contributed by atoms with Crippen LogP contribution in [0.5, 0.6) is 0 Å². The maximum atomic E-state index is 11.6. The van der Waals surface area contributed by atoms with Crippen LogP contribution in [0.3, 0.4) is 0 Å². The molecular formula is C23H47N2NaO3. The molecule has 0 spiro atoms. The summed E-state index contributed by atoms with van der Waals surface area (Å²) >= 11 is 0. The van der Waals surface area contributed by atoms with Crippen molar-refractivity contribution in [1.29, 1.82) is 0 Å². The number of esters is 1. The van der Waals surface area contributed by atoms with E-state index in [2.05, 4.69) is 6.92 Å². The summed E-state index contributed by atoms with van der Waals surface area (Å²) in [5.74, 6) is -0.872. The largest absolute Gasteiger partial charge is 1.00 e. The van der Waals surface area contributed by atoms with Gasteiger partial charge in [-0.15, -0.1) is 0 Å². The molecule has 0 unspecified atom stereocenters. The van der Waals surface area contributed by atoms with Crippen molar-refractivity contribution >= 4 is 11.9 Å². The van der Waals surface area contributed by atoms with Crippen LogP contribution in [0.1, 0.15) is 124 Å². The minimum absolute atomic E-state index is 0. The Labute approximate surface area is 203 Å². The number of amides is 1. The van der Waals surface area contributed by atoms with E-state index >= 15 is 0 Å². The van der Waals surface area contributed by atoms with Gasteiger partial charge in [0.05, 0.1) is 6.61 Å². The van der Waals surface area contributed by atoms with E-state index in [1.54, 1.807) is 0 Å². The summed E-state index contributed by atoms with van der Waals surface area (Å²) in [7, 11) is 0. The second-order valence-electron chi connectivity index (χ2n) is 8.08. The van der Waals surface area contributed by atoms with Crippen molar-refractivity contribution in [2.75, 3.05) is 6.61 Å². The van der Waals surface area contributed by atoms with Crippen LogP contribution in [-0.4, -0.2) is 24.5 Å². The fourth-order valence-electron chi connectivity index (χ4n) is 3.35. The maximum absolute atomic E-state index is 11.6. The Hall–Kier alpha value is -0.100. The third-order valence-electron chi connectivity index (χ3n) is 5.25. The molecule has 0 aliphatic heterocycles. The van der Waals surface area contributed by atoms with Crippen molar-refractivity contribution in [2.45, 2.75) is 129 Å². The molecule has 5 nitrogen and oxygen atoms in total. The predicted molar refractivity (Wildman–Crippen MR) is 118 cm³/mol. The number of nitrogens with two attached hydrogens (primary N) is 2. The summed E-state index contributed by atoms with van der Waals surface area (Å²) in [6.45, 7) is 2.69. The van der Waals surface area contributed by atoms with Gasteiger partial charge in [-0.05, 0) is 12.8 Å². The normalized spacial score (nSPS) is 11.7. The first-order chi connectivity index (χ1) is 13.6. The number of carbonyl (C=O) groups is 2. The molecule has 29 heavy (non-hydrogen) atoms. The molecule has 6 heteroatoms. The maximum Gasteiger partial charge on any atom is 1.00 e. The first-order valence-electron chi connectivity index (χ1n) is 11.8. The summed E-state index contributed by atoms with van der Waals surface area (Å²) in [5.41, 5.74) is 10.7. The van der Waals surface area contributed by atoms with Crippen molar-refractivity contribution in [3.63, 3.8) is 0 Å². The average Bonchev–Trinajstić information content (AvgIpc) is 2.68. The predicted octanol–water partition coefficient (Wildman–Crippen LogP) is 2.50.